The van der Waals surface area contributed by atoms with Crippen LogP contribution in [0.2, 0.25) is 0 Å². The number of carbonyl (C=O) groups is 3. The van der Waals surface area contributed by atoms with Crippen molar-refractivity contribution in [3.63, 3.8) is 0 Å². The molecule has 2 aliphatic rings. The van der Waals surface area contributed by atoms with Crippen molar-refractivity contribution in [2.75, 3.05) is 24.4 Å². The van der Waals surface area contributed by atoms with Crippen molar-refractivity contribution in [2.45, 2.75) is 22.7 Å². The van der Waals surface area contributed by atoms with Gasteiger partial charge in [-0.2, -0.15) is 0 Å². The summed E-state index contributed by atoms with van der Waals surface area (Å²) in [7, 11) is 3.01. The number of amides is 3. The molecule has 9 nitrogen and oxygen atoms in total. The van der Waals surface area contributed by atoms with Crippen LogP contribution in [0.25, 0.3) is 10.8 Å². The van der Waals surface area contributed by atoms with Gasteiger partial charge in [0.2, 0.25) is 17.7 Å². The molecule has 3 heterocycles. The second-order valence-electron chi connectivity index (χ2n) is 10.9. The molecule has 1 fully saturated rings. The van der Waals surface area contributed by atoms with E-state index in [9.17, 15) is 23.6 Å². The molecular formula is C34H26FN3O6S2. The van der Waals surface area contributed by atoms with Gasteiger partial charge in [-0.15, -0.1) is 0 Å². The van der Waals surface area contributed by atoms with Gasteiger partial charge in [-0.05, 0) is 64.9 Å². The topological polar surface area (TPSA) is 107 Å². The normalized spacial score (nSPS) is 18.8. The molecule has 0 radical (unpaired) electrons. The Balaban J connectivity index is 1.28. The number of fused-ring (bicyclic) bond motifs is 3. The fourth-order valence-electron chi connectivity index (χ4n) is 6.12. The van der Waals surface area contributed by atoms with Crippen molar-refractivity contribution in [1.82, 2.24) is 4.57 Å². The SMILES string of the molecule is COc1ccc([C@@H]2c3sc(=O)n(CC(=O)Nc4ccc5ccccc5c4)c3S[C@H]3C(=O)N(c4ccc(F)cc4)C(=O)[C@@H]23)cc1OC. The van der Waals surface area contributed by atoms with Crippen LogP contribution in [0, 0.1) is 11.7 Å². The molecule has 3 atom stereocenters. The summed E-state index contributed by atoms with van der Waals surface area (Å²) in [6.07, 6.45) is 0. The number of aromatic nitrogens is 1. The number of halogens is 1. The number of nitrogens with zero attached hydrogens (tertiary/aromatic N) is 2. The summed E-state index contributed by atoms with van der Waals surface area (Å²) in [6.45, 7) is -0.287. The van der Waals surface area contributed by atoms with Crippen molar-refractivity contribution in [3.05, 3.63) is 111 Å². The molecule has 1 saturated heterocycles. The maximum Gasteiger partial charge on any atom is 0.308 e. The largest absolute Gasteiger partial charge is 0.493 e. The van der Waals surface area contributed by atoms with Crippen LogP contribution in [0.4, 0.5) is 15.8 Å². The standard InChI is InChI=1S/C34H26FN3O6S2/c1-43-24-14-8-20(16-25(24)44-2)27-28-29(32(41)38(31(28)40)23-12-9-21(35)10-13-23)45-33-30(27)46-34(42)37(33)17-26(39)36-22-11-7-18-5-3-4-6-19(18)15-22/h3-16,27-29H,17H2,1-2H3,(H,36,39)/t27-,28-,29+/m0/s1. The summed E-state index contributed by atoms with van der Waals surface area (Å²) in [5.74, 6) is -2.52. The number of methoxy groups -OCH3 is 2. The minimum Gasteiger partial charge on any atom is -0.493 e. The van der Waals surface area contributed by atoms with Gasteiger partial charge in [-0.3, -0.25) is 23.7 Å². The number of carbonyl (C=O) groups excluding carboxylic acids is 3. The van der Waals surface area contributed by atoms with E-state index in [1.54, 1.807) is 24.3 Å². The van der Waals surface area contributed by atoms with Gasteiger partial charge in [0.15, 0.2) is 11.5 Å². The van der Waals surface area contributed by atoms with Gasteiger partial charge in [0.25, 0.3) is 0 Å². The fraction of sp³-hybridized carbons (Fsp3) is 0.176. The van der Waals surface area contributed by atoms with Crippen LogP contribution < -0.4 is 24.6 Å². The lowest BCUT2D eigenvalue weighted by molar-refractivity contribution is -0.122. The monoisotopic (exact) mass is 655 g/mol. The highest BCUT2D eigenvalue weighted by molar-refractivity contribution is 8.00. The summed E-state index contributed by atoms with van der Waals surface area (Å²) in [5.41, 5.74) is 1.49. The van der Waals surface area contributed by atoms with Crippen LogP contribution >= 0.6 is 23.1 Å². The van der Waals surface area contributed by atoms with Crippen molar-refractivity contribution in [2.24, 2.45) is 5.92 Å². The third-order valence-electron chi connectivity index (χ3n) is 8.24. The Morgan fingerprint density at radius 3 is 2.35 bits per heavy atom. The van der Waals surface area contributed by atoms with Gasteiger partial charge in [0.1, 0.15) is 17.6 Å². The molecule has 5 aromatic rings. The molecule has 4 aromatic carbocycles. The van der Waals surface area contributed by atoms with E-state index in [2.05, 4.69) is 5.32 Å². The number of hydrogen-bond acceptors (Lipinski definition) is 8. The van der Waals surface area contributed by atoms with Crippen LogP contribution in [-0.2, 0) is 20.9 Å². The summed E-state index contributed by atoms with van der Waals surface area (Å²) in [6, 6.07) is 23.7. The molecule has 46 heavy (non-hydrogen) atoms. The number of thiazole rings is 1. The minimum absolute atomic E-state index is 0.257. The quantitative estimate of drug-likeness (QED) is 0.226. The highest BCUT2D eigenvalue weighted by Crippen LogP contribution is 2.54. The number of ether oxygens (including phenoxy) is 2. The molecule has 1 N–H and O–H groups in total. The third kappa shape index (κ3) is 5.03. The van der Waals surface area contributed by atoms with E-state index < -0.39 is 40.6 Å². The maximum atomic E-state index is 14.1. The molecular weight excluding hydrogens is 630 g/mol. The average molecular weight is 656 g/mol. The number of hydrogen-bond donors (Lipinski definition) is 1. The zero-order chi connectivity index (χ0) is 32.1. The molecule has 232 valence electrons. The molecule has 12 heteroatoms. The number of rotatable bonds is 7. The summed E-state index contributed by atoms with van der Waals surface area (Å²) >= 11 is 2.05. The van der Waals surface area contributed by atoms with Crippen LogP contribution in [0.3, 0.4) is 0 Å². The van der Waals surface area contributed by atoms with E-state index >= 15 is 0 Å². The Morgan fingerprint density at radius 1 is 0.870 bits per heavy atom. The van der Waals surface area contributed by atoms with E-state index in [1.807, 2.05) is 36.4 Å². The lowest BCUT2D eigenvalue weighted by Crippen LogP contribution is -2.33. The molecule has 0 spiro atoms. The molecule has 0 saturated carbocycles. The first-order valence-electron chi connectivity index (χ1n) is 14.3. The van der Waals surface area contributed by atoms with Crippen molar-refractivity contribution < 1.29 is 28.2 Å². The van der Waals surface area contributed by atoms with Gasteiger partial charge in [-0.25, -0.2) is 9.29 Å². The molecule has 1 aromatic heterocycles. The number of thioether (sulfide) groups is 1. The predicted molar refractivity (Wildman–Crippen MR) is 175 cm³/mol. The molecule has 0 unspecified atom stereocenters. The van der Waals surface area contributed by atoms with Gasteiger partial charge in [-0.1, -0.05) is 59.5 Å². The average Bonchev–Trinajstić information content (AvgIpc) is 3.50. The zero-order valence-electron chi connectivity index (χ0n) is 24.6. The number of imide groups is 1. The Kier molecular flexibility index (Phi) is 7.61. The zero-order valence-corrected chi connectivity index (χ0v) is 26.2. The maximum absolute atomic E-state index is 14.1. The lowest BCUT2D eigenvalue weighted by atomic mass is 9.83. The van der Waals surface area contributed by atoms with Gasteiger partial charge in [0.05, 0.1) is 30.9 Å². The van der Waals surface area contributed by atoms with E-state index in [0.717, 1.165) is 38.8 Å². The van der Waals surface area contributed by atoms with Crippen molar-refractivity contribution in [3.8, 4) is 11.5 Å². The van der Waals surface area contributed by atoms with Crippen LogP contribution in [0.5, 0.6) is 11.5 Å². The summed E-state index contributed by atoms with van der Waals surface area (Å²) < 4.78 is 26.0. The summed E-state index contributed by atoms with van der Waals surface area (Å²) in [5, 5.41) is 4.42. The Labute approximate surface area is 270 Å². The number of benzene rings is 4. The second-order valence-corrected chi connectivity index (χ2v) is 13.0. The molecule has 2 aliphatic heterocycles. The smallest absolute Gasteiger partial charge is 0.308 e. The number of nitrogens with one attached hydrogen (secondary N) is 1. The molecule has 0 bridgehead atoms. The Bertz CT molecular complexity index is 2090. The Hall–Kier alpha value is -4.94. The summed E-state index contributed by atoms with van der Waals surface area (Å²) in [4.78, 5) is 56.1. The first-order valence-corrected chi connectivity index (χ1v) is 16.0. The lowest BCUT2D eigenvalue weighted by Gasteiger charge is -2.31. The van der Waals surface area contributed by atoms with Gasteiger partial charge < -0.3 is 14.8 Å². The van der Waals surface area contributed by atoms with Crippen molar-refractivity contribution in [1.29, 1.82) is 0 Å². The van der Waals surface area contributed by atoms with Crippen LogP contribution in [-0.4, -0.2) is 41.8 Å². The number of anilines is 2. The molecule has 0 aliphatic carbocycles. The highest BCUT2D eigenvalue weighted by atomic mass is 32.2. The third-order valence-corrected chi connectivity index (χ3v) is 10.8. The second kappa shape index (κ2) is 11.8. The predicted octanol–water partition coefficient (Wildman–Crippen LogP) is 5.65. The van der Waals surface area contributed by atoms with Crippen LogP contribution in [0.15, 0.2) is 94.7 Å². The minimum atomic E-state index is -0.896. The van der Waals surface area contributed by atoms with Gasteiger partial charge >= 0.3 is 4.87 Å². The molecule has 7 rings (SSSR count). The van der Waals surface area contributed by atoms with E-state index in [4.69, 9.17) is 9.47 Å². The van der Waals surface area contributed by atoms with E-state index in [-0.39, 0.29) is 17.1 Å². The fourth-order valence-corrected chi connectivity index (χ4v) is 8.89. The van der Waals surface area contributed by atoms with Crippen LogP contribution in [0.1, 0.15) is 16.4 Å². The Morgan fingerprint density at radius 2 is 1.61 bits per heavy atom. The first-order chi connectivity index (χ1) is 22.3. The van der Waals surface area contributed by atoms with E-state index in [0.29, 0.717) is 32.7 Å². The van der Waals surface area contributed by atoms with Crippen molar-refractivity contribution >= 4 is 63.0 Å². The highest BCUT2D eigenvalue weighted by Gasteiger charge is 2.57. The van der Waals surface area contributed by atoms with Gasteiger partial charge in [0, 0.05) is 16.5 Å². The first kappa shape index (κ1) is 29.8. The molecule has 3 amide bonds. The van der Waals surface area contributed by atoms with E-state index in [1.165, 1.54) is 43.1 Å².